The zero-order valence-corrected chi connectivity index (χ0v) is 16.9. The standard InChI is InChI=1S/C25H20N2O5/c28-21(17-11-13-19(14-12-17)32-18-9-5-2-6-10-18)15-20(16-7-3-1-4-8-16)22-23(29)26-25(31)27-24(22)30/h1-14,20H,15H2,(H3,26,27,29,30,31). The van der Waals surface area contributed by atoms with Crippen LogP contribution in [-0.2, 0) is 0 Å². The number of benzene rings is 3. The van der Waals surface area contributed by atoms with Crippen LogP contribution in [0, 0.1) is 0 Å². The van der Waals surface area contributed by atoms with E-state index in [-0.39, 0.29) is 17.8 Å². The Morgan fingerprint density at radius 1 is 0.812 bits per heavy atom. The van der Waals surface area contributed by atoms with Gasteiger partial charge in [0.1, 0.15) is 11.5 Å². The first-order valence-electron chi connectivity index (χ1n) is 9.98. The van der Waals surface area contributed by atoms with Gasteiger partial charge in [-0.05, 0) is 42.0 Å². The van der Waals surface area contributed by atoms with Crippen LogP contribution in [0.4, 0.5) is 0 Å². The van der Waals surface area contributed by atoms with Crippen molar-refractivity contribution in [2.45, 2.75) is 12.3 Å². The fraction of sp³-hybridized carbons (Fsp3) is 0.0800. The average molecular weight is 428 g/mol. The van der Waals surface area contributed by atoms with Gasteiger partial charge in [0.2, 0.25) is 5.88 Å². The molecule has 0 aliphatic carbocycles. The van der Waals surface area contributed by atoms with Crippen LogP contribution in [0.25, 0.3) is 0 Å². The Morgan fingerprint density at radius 3 is 2.03 bits per heavy atom. The maximum absolute atomic E-state index is 13.1. The van der Waals surface area contributed by atoms with Crippen molar-refractivity contribution in [2.24, 2.45) is 0 Å². The van der Waals surface area contributed by atoms with Crippen LogP contribution < -0.4 is 16.0 Å². The number of nitrogens with one attached hydrogen (secondary N) is 2. The molecule has 0 aliphatic rings. The molecule has 0 radical (unpaired) electrons. The molecule has 0 spiro atoms. The molecule has 7 nitrogen and oxygen atoms in total. The fourth-order valence-corrected chi connectivity index (χ4v) is 3.52. The highest BCUT2D eigenvalue weighted by Gasteiger charge is 2.25. The summed E-state index contributed by atoms with van der Waals surface area (Å²) >= 11 is 0. The van der Waals surface area contributed by atoms with Crippen molar-refractivity contribution in [1.82, 2.24) is 9.97 Å². The zero-order valence-electron chi connectivity index (χ0n) is 16.9. The third-order valence-corrected chi connectivity index (χ3v) is 5.05. The van der Waals surface area contributed by atoms with Gasteiger partial charge in [0, 0.05) is 17.9 Å². The lowest BCUT2D eigenvalue weighted by molar-refractivity contribution is 0.0977. The van der Waals surface area contributed by atoms with E-state index < -0.39 is 23.0 Å². The highest BCUT2D eigenvalue weighted by molar-refractivity contribution is 5.97. The minimum absolute atomic E-state index is 0.0619. The SMILES string of the molecule is O=C(CC(c1ccccc1)c1c(O)[nH]c(=O)[nH]c1=O)c1ccc(Oc2ccccc2)cc1. The number of carbonyl (C=O) groups excluding carboxylic acids is 1. The number of aromatic hydroxyl groups is 1. The number of hydrogen-bond donors (Lipinski definition) is 3. The molecule has 3 N–H and O–H groups in total. The molecule has 0 amide bonds. The van der Waals surface area contributed by atoms with E-state index in [0.717, 1.165) is 0 Å². The first kappa shape index (κ1) is 20.9. The minimum atomic E-state index is -0.816. The molecule has 3 aromatic carbocycles. The van der Waals surface area contributed by atoms with Crippen LogP contribution in [0.3, 0.4) is 0 Å². The van der Waals surface area contributed by atoms with Crippen molar-refractivity contribution in [1.29, 1.82) is 0 Å². The van der Waals surface area contributed by atoms with Crippen molar-refractivity contribution in [3.63, 3.8) is 0 Å². The fourth-order valence-electron chi connectivity index (χ4n) is 3.52. The first-order valence-corrected chi connectivity index (χ1v) is 9.98. The summed E-state index contributed by atoms with van der Waals surface area (Å²) in [4.78, 5) is 41.3. The predicted molar refractivity (Wildman–Crippen MR) is 120 cm³/mol. The number of rotatable bonds is 7. The van der Waals surface area contributed by atoms with E-state index in [1.54, 1.807) is 48.5 Å². The van der Waals surface area contributed by atoms with E-state index in [1.165, 1.54) is 0 Å². The van der Waals surface area contributed by atoms with Gasteiger partial charge in [-0.2, -0.15) is 0 Å². The number of ether oxygens (including phenoxy) is 1. The largest absolute Gasteiger partial charge is 0.494 e. The van der Waals surface area contributed by atoms with Gasteiger partial charge < -0.3 is 9.84 Å². The molecule has 160 valence electrons. The molecule has 1 heterocycles. The van der Waals surface area contributed by atoms with Crippen LogP contribution >= 0.6 is 0 Å². The number of H-pyrrole nitrogens is 2. The van der Waals surface area contributed by atoms with E-state index in [2.05, 4.69) is 9.97 Å². The molecular formula is C25H20N2O5. The van der Waals surface area contributed by atoms with Gasteiger partial charge in [0.15, 0.2) is 5.78 Å². The van der Waals surface area contributed by atoms with Crippen LogP contribution in [0.1, 0.15) is 33.8 Å². The lowest BCUT2D eigenvalue weighted by Gasteiger charge is -2.17. The van der Waals surface area contributed by atoms with Gasteiger partial charge in [-0.1, -0.05) is 48.5 Å². The number of hydrogen-bond acceptors (Lipinski definition) is 5. The number of para-hydroxylation sites is 1. The number of ketones is 1. The summed E-state index contributed by atoms with van der Waals surface area (Å²) in [6.07, 6.45) is -0.0778. The molecule has 0 fully saturated rings. The summed E-state index contributed by atoms with van der Waals surface area (Å²) in [7, 11) is 0. The molecule has 1 unspecified atom stereocenters. The second kappa shape index (κ2) is 9.18. The van der Waals surface area contributed by atoms with E-state index in [0.29, 0.717) is 22.6 Å². The molecule has 7 heteroatoms. The quantitative estimate of drug-likeness (QED) is 0.386. The van der Waals surface area contributed by atoms with Crippen molar-refractivity contribution < 1.29 is 14.6 Å². The normalized spacial score (nSPS) is 11.6. The number of carbonyl (C=O) groups is 1. The summed E-state index contributed by atoms with van der Waals surface area (Å²) in [6.45, 7) is 0. The molecule has 0 aliphatic heterocycles. The molecule has 0 saturated heterocycles. The van der Waals surface area contributed by atoms with E-state index in [9.17, 15) is 19.5 Å². The highest BCUT2D eigenvalue weighted by Crippen LogP contribution is 2.31. The second-order valence-electron chi connectivity index (χ2n) is 7.20. The number of aromatic nitrogens is 2. The third kappa shape index (κ3) is 4.67. The summed E-state index contributed by atoms with van der Waals surface area (Å²) < 4.78 is 5.75. The summed E-state index contributed by atoms with van der Waals surface area (Å²) in [5.74, 6) is -0.253. The van der Waals surface area contributed by atoms with Crippen LogP contribution in [0.5, 0.6) is 17.4 Å². The number of aromatic amines is 2. The van der Waals surface area contributed by atoms with Crippen molar-refractivity contribution in [3.8, 4) is 17.4 Å². The Kier molecular flexibility index (Phi) is 5.98. The Morgan fingerprint density at radius 2 is 1.41 bits per heavy atom. The lowest BCUT2D eigenvalue weighted by Crippen LogP contribution is -2.28. The van der Waals surface area contributed by atoms with E-state index in [1.807, 2.05) is 36.4 Å². The smallest absolute Gasteiger partial charge is 0.328 e. The molecule has 4 aromatic rings. The van der Waals surface area contributed by atoms with Gasteiger partial charge in [-0.3, -0.25) is 19.6 Å². The molecule has 4 rings (SSSR count). The zero-order chi connectivity index (χ0) is 22.5. The van der Waals surface area contributed by atoms with Crippen molar-refractivity contribution in [3.05, 3.63) is 122 Å². The Hall–Kier alpha value is -4.39. The average Bonchev–Trinajstić information content (AvgIpc) is 2.79. The Bertz CT molecular complexity index is 1330. The molecule has 0 saturated carbocycles. The molecular weight excluding hydrogens is 408 g/mol. The summed E-state index contributed by atoms with van der Waals surface area (Å²) in [5, 5.41) is 10.3. The van der Waals surface area contributed by atoms with E-state index >= 15 is 0 Å². The van der Waals surface area contributed by atoms with Crippen LogP contribution in [0.15, 0.2) is 94.5 Å². The van der Waals surface area contributed by atoms with Gasteiger partial charge in [-0.15, -0.1) is 0 Å². The lowest BCUT2D eigenvalue weighted by atomic mass is 9.86. The Labute approximate surface area is 183 Å². The maximum Gasteiger partial charge on any atom is 0.328 e. The molecule has 32 heavy (non-hydrogen) atoms. The minimum Gasteiger partial charge on any atom is -0.494 e. The van der Waals surface area contributed by atoms with Crippen molar-refractivity contribution in [2.75, 3.05) is 0 Å². The van der Waals surface area contributed by atoms with Crippen LogP contribution in [-0.4, -0.2) is 20.9 Å². The van der Waals surface area contributed by atoms with Gasteiger partial charge in [0.05, 0.1) is 5.56 Å². The first-order chi connectivity index (χ1) is 15.5. The van der Waals surface area contributed by atoms with Gasteiger partial charge >= 0.3 is 5.69 Å². The Balaban J connectivity index is 1.61. The van der Waals surface area contributed by atoms with E-state index in [4.69, 9.17) is 4.74 Å². The van der Waals surface area contributed by atoms with Crippen molar-refractivity contribution >= 4 is 5.78 Å². The second-order valence-corrected chi connectivity index (χ2v) is 7.20. The molecule has 1 aromatic heterocycles. The summed E-state index contributed by atoms with van der Waals surface area (Å²) in [5.41, 5.74) is -0.513. The third-order valence-electron chi connectivity index (χ3n) is 5.05. The van der Waals surface area contributed by atoms with Gasteiger partial charge in [0.25, 0.3) is 5.56 Å². The maximum atomic E-state index is 13.1. The predicted octanol–water partition coefficient (Wildman–Crippen LogP) is 3.97. The van der Waals surface area contributed by atoms with Gasteiger partial charge in [-0.25, -0.2) is 4.79 Å². The topological polar surface area (TPSA) is 112 Å². The summed E-state index contributed by atoms with van der Waals surface area (Å²) in [6, 6.07) is 24.9. The highest BCUT2D eigenvalue weighted by atomic mass is 16.5. The molecule has 1 atom stereocenters. The number of Topliss-reactive ketones (excluding diaryl/α,β-unsaturated/α-hetero) is 1. The monoisotopic (exact) mass is 428 g/mol. The van der Waals surface area contributed by atoms with Crippen LogP contribution in [0.2, 0.25) is 0 Å². The molecule has 0 bridgehead atoms.